The van der Waals surface area contributed by atoms with Gasteiger partial charge in [-0.15, -0.1) is 0 Å². The van der Waals surface area contributed by atoms with E-state index in [1.807, 2.05) is 23.0 Å². The molecule has 0 spiro atoms. The standard InChI is InChI=1S/C12H16N4/c1-8(2)10-5-11-14-6-9(7-16(11)15-10)12(13)3-4-12/h5-8H,3-4,13H2,1-2H3. The summed E-state index contributed by atoms with van der Waals surface area (Å²) in [6.07, 6.45) is 6.01. The van der Waals surface area contributed by atoms with Crippen molar-refractivity contribution in [2.24, 2.45) is 5.73 Å². The molecule has 3 rings (SSSR count). The third-order valence-corrected chi connectivity index (χ3v) is 3.29. The average Bonchev–Trinajstić information content (AvgIpc) is 2.86. The molecule has 0 atom stereocenters. The van der Waals surface area contributed by atoms with Crippen molar-refractivity contribution in [3.05, 3.63) is 29.7 Å². The summed E-state index contributed by atoms with van der Waals surface area (Å²) >= 11 is 0. The summed E-state index contributed by atoms with van der Waals surface area (Å²) in [5.41, 5.74) is 9.08. The molecule has 0 radical (unpaired) electrons. The van der Waals surface area contributed by atoms with Gasteiger partial charge in [-0.1, -0.05) is 13.8 Å². The number of rotatable bonds is 2. The molecule has 1 saturated carbocycles. The van der Waals surface area contributed by atoms with Crippen LogP contribution in [0.15, 0.2) is 18.5 Å². The van der Waals surface area contributed by atoms with Gasteiger partial charge in [0.2, 0.25) is 0 Å². The highest BCUT2D eigenvalue weighted by molar-refractivity contribution is 5.41. The average molecular weight is 216 g/mol. The predicted molar refractivity (Wildman–Crippen MR) is 62.2 cm³/mol. The van der Waals surface area contributed by atoms with E-state index < -0.39 is 0 Å². The van der Waals surface area contributed by atoms with Crippen molar-refractivity contribution in [2.45, 2.75) is 38.1 Å². The van der Waals surface area contributed by atoms with Crippen LogP contribution in [-0.2, 0) is 5.54 Å². The van der Waals surface area contributed by atoms with Crippen molar-refractivity contribution in [3.8, 4) is 0 Å². The molecule has 2 aromatic heterocycles. The van der Waals surface area contributed by atoms with E-state index in [1.165, 1.54) is 0 Å². The second-order valence-electron chi connectivity index (χ2n) is 5.03. The lowest BCUT2D eigenvalue weighted by Crippen LogP contribution is -2.19. The first-order valence-corrected chi connectivity index (χ1v) is 5.73. The van der Waals surface area contributed by atoms with Crippen molar-refractivity contribution < 1.29 is 0 Å². The first-order valence-electron chi connectivity index (χ1n) is 5.73. The number of nitrogens with two attached hydrogens (primary N) is 1. The maximum absolute atomic E-state index is 6.14. The smallest absolute Gasteiger partial charge is 0.155 e. The summed E-state index contributed by atoms with van der Waals surface area (Å²) in [7, 11) is 0. The Hall–Kier alpha value is -1.42. The van der Waals surface area contributed by atoms with Crippen molar-refractivity contribution >= 4 is 5.65 Å². The van der Waals surface area contributed by atoms with Gasteiger partial charge in [0.25, 0.3) is 0 Å². The van der Waals surface area contributed by atoms with Gasteiger partial charge in [0, 0.05) is 29.6 Å². The van der Waals surface area contributed by atoms with E-state index in [0.29, 0.717) is 5.92 Å². The maximum Gasteiger partial charge on any atom is 0.155 e. The lowest BCUT2D eigenvalue weighted by Gasteiger charge is -2.07. The second kappa shape index (κ2) is 3.04. The van der Waals surface area contributed by atoms with Crippen molar-refractivity contribution in [1.82, 2.24) is 14.6 Å². The van der Waals surface area contributed by atoms with Gasteiger partial charge in [-0.25, -0.2) is 9.50 Å². The largest absolute Gasteiger partial charge is 0.321 e. The van der Waals surface area contributed by atoms with Crippen LogP contribution in [0.3, 0.4) is 0 Å². The zero-order valence-electron chi connectivity index (χ0n) is 9.64. The summed E-state index contributed by atoms with van der Waals surface area (Å²) in [6, 6.07) is 2.03. The van der Waals surface area contributed by atoms with Gasteiger partial charge >= 0.3 is 0 Å². The quantitative estimate of drug-likeness (QED) is 0.832. The Labute approximate surface area is 94.5 Å². The van der Waals surface area contributed by atoms with E-state index in [9.17, 15) is 0 Å². The molecular formula is C12H16N4. The van der Waals surface area contributed by atoms with Gasteiger partial charge in [0.15, 0.2) is 5.65 Å². The molecule has 0 aromatic carbocycles. The lowest BCUT2D eigenvalue weighted by molar-refractivity contribution is 0.714. The molecule has 2 heterocycles. The molecule has 0 aliphatic heterocycles. The number of aromatic nitrogens is 3. The highest BCUT2D eigenvalue weighted by Gasteiger charge is 2.40. The Balaban J connectivity index is 2.10. The van der Waals surface area contributed by atoms with E-state index in [-0.39, 0.29) is 5.54 Å². The summed E-state index contributed by atoms with van der Waals surface area (Å²) in [6.45, 7) is 4.27. The maximum atomic E-state index is 6.14. The lowest BCUT2D eigenvalue weighted by atomic mass is 10.1. The Morgan fingerprint density at radius 1 is 1.44 bits per heavy atom. The van der Waals surface area contributed by atoms with Gasteiger partial charge in [-0.3, -0.25) is 0 Å². The zero-order chi connectivity index (χ0) is 11.3. The van der Waals surface area contributed by atoms with E-state index in [1.54, 1.807) is 0 Å². The minimum atomic E-state index is -0.134. The van der Waals surface area contributed by atoms with Crippen molar-refractivity contribution in [3.63, 3.8) is 0 Å². The fraction of sp³-hybridized carbons (Fsp3) is 0.500. The number of nitrogens with zero attached hydrogens (tertiary/aromatic N) is 3. The van der Waals surface area contributed by atoms with Crippen LogP contribution in [0.5, 0.6) is 0 Å². The molecule has 0 saturated heterocycles. The van der Waals surface area contributed by atoms with Crippen LogP contribution >= 0.6 is 0 Å². The monoisotopic (exact) mass is 216 g/mol. The molecule has 1 aliphatic rings. The number of fused-ring (bicyclic) bond motifs is 1. The van der Waals surface area contributed by atoms with Gasteiger partial charge in [0.1, 0.15) is 0 Å². The van der Waals surface area contributed by atoms with Gasteiger partial charge in [-0.05, 0) is 18.8 Å². The molecule has 0 bridgehead atoms. The Kier molecular flexibility index (Phi) is 1.86. The molecule has 16 heavy (non-hydrogen) atoms. The minimum absolute atomic E-state index is 0.134. The fourth-order valence-corrected chi connectivity index (χ4v) is 1.86. The normalized spacial score (nSPS) is 18.2. The molecule has 1 aliphatic carbocycles. The third kappa shape index (κ3) is 1.41. The molecule has 4 heteroatoms. The van der Waals surface area contributed by atoms with E-state index in [0.717, 1.165) is 29.7 Å². The first kappa shape index (κ1) is 9.78. The summed E-state index contributed by atoms with van der Waals surface area (Å²) in [4.78, 5) is 4.41. The fourth-order valence-electron chi connectivity index (χ4n) is 1.86. The van der Waals surface area contributed by atoms with Crippen LogP contribution in [-0.4, -0.2) is 14.6 Å². The van der Waals surface area contributed by atoms with E-state index >= 15 is 0 Å². The molecule has 1 fully saturated rings. The minimum Gasteiger partial charge on any atom is -0.321 e. The van der Waals surface area contributed by atoms with Crippen LogP contribution in [0.25, 0.3) is 5.65 Å². The van der Waals surface area contributed by atoms with Crippen LogP contribution in [0.1, 0.15) is 43.9 Å². The Morgan fingerprint density at radius 2 is 2.19 bits per heavy atom. The highest BCUT2D eigenvalue weighted by atomic mass is 15.2. The number of hydrogen-bond acceptors (Lipinski definition) is 3. The van der Waals surface area contributed by atoms with Crippen molar-refractivity contribution in [2.75, 3.05) is 0 Å². The number of hydrogen-bond donors (Lipinski definition) is 1. The summed E-state index contributed by atoms with van der Waals surface area (Å²) < 4.78 is 1.84. The summed E-state index contributed by atoms with van der Waals surface area (Å²) in [5, 5.41) is 4.51. The molecule has 2 N–H and O–H groups in total. The SMILES string of the molecule is CC(C)c1cc2ncc(C3(N)CC3)cn2n1. The zero-order valence-corrected chi connectivity index (χ0v) is 9.64. The third-order valence-electron chi connectivity index (χ3n) is 3.29. The van der Waals surface area contributed by atoms with Gasteiger partial charge in [-0.2, -0.15) is 5.10 Å². The summed E-state index contributed by atoms with van der Waals surface area (Å²) in [5.74, 6) is 0.429. The predicted octanol–water partition coefficient (Wildman–Crippen LogP) is 1.80. The highest BCUT2D eigenvalue weighted by Crippen LogP contribution is 2.42. The molecule has 0 amide bonds. The van der Waals surface area contributed by atoms with Gasteiger partial charge in [0.05, 0.1) is 5.69 Å². The van der Waals surface area contributed by atoms with E-state index in [4.69, 9.17) is 5.73 Å². The van der Waals surface area contributed by atoms with Crippen LogP contribution in [0, 0.1) is 0 Å². The first-order chi connectivity index (χ1) is 7.58. The van der Waals surface area contributed by atoms with E-state index in [2.05, 4.69) is 23.9 Å². The van der Waals surface area contributed by atoms with Gasteiger partial charge < -0.3 is 5.73 Å². The molecule has 4 nitrogen and oxygen atoms in total. The molecule has 2 aromatic rings. The topological polar surface area (TPSA) is 56.2 Å². The molecular weight excluding hydrogens is 200 g/mol. The molecule has 0 unspecified atom stereocenters. The second-order valence-corrected chi connectivity index (χ2v) is 5.03. The van der Waals surface area contributed by atoms with Crippen LogP contribution in [0.2, 0.25) is 0 Å². The molecule has 84 valence electrons. The van der Waals surface area contributed by atoms with Crippen LogP contribution in [0.4, 0.5) is 0 Å². The Morgan fingerprint density at radius 3 is 2.81 bits per heavy atom. The Bertz CT molecular complexity index is 537. The van der Waals surface area contributed by atoms with Crippen molar-refractivity contribution in [1.29, 1.82) is 0 Å². The van der Waals surface area contributed by atoms with Crippen LogP contribution < -0.4 is 5.73 Å².